The van der Waals surface area contributed by atoms with Crippen molar-refractivity contribution < 1.29 is 27.5 Å². The van der Waals surface area contributed by atoms with Crippen molar-refractivity contribution in [3.05, 3.63) is 119 Å². The Morgan fingerprint density at radius 3 is 2.00 bits per heavy atom. The van der Waals surface area contributed by atoms with Crippen molar-refractivity contribution in [3.8, 4) is 11.5 Å². The van der Waals surface area contributed by atoms with Gasteiger partial charge in [-0.1, -0.05) is 72.3 Å². The van der Waals surface area contributed by atoms with E-state index in [2.05, 4.69) is 5.32 Å². The largest absolute Gasteiger partial charge is 0.493 e. The minimum atomic E-state index is -4.33. The van der Waals surface area contributed by atoms with E-state index in [1.165, 1.54) is 49.5 Å². The van der Waals surface area contributed by atoms with Gasteiger partial charge in [0.15, 0.2) is 11.5 Å². The van der Waals surface area contributed by atoms with Crippen LogP contribution in [-0.2, 0) is 32.6 Å². The second kappa shape index (κ2) is 15.5. The minimum Gasteiger partial charge on any atom is -0.493 e. The number of carbonyl (C=O) groups excluding carboxylic acids is 2. The molecule has 4 rings (SSSR count). The molecule has 0 fully saturated rings. The first-order valence-electron chi connectivity index (χ1n) is 14.3. The molecule has 11 heteroatoms. The minimum absolute atomic E-state index is 0.0825. The number of sulfonamides is 1. The van der Waals surface area contributed by atoms with Gasteiger partial charge in [0.1, 0.15) is 12.6 Å². The Bertz CT molecular complexity index is 1690. The Labute approximate surface area is 269 Å². The van der Waals surface area contributed by atoms with Crippen LogP contribution in [-0.4, -0.2) is 58.5 Å². The summed E-state index contributed by atoms with van der Waals surface area (Å²) in [5.41, 5.74) is 1.86. The molecule has 1 N–H and O–H groups in total. The van der Waals surface area contributed by atoms with Crippen molar-refractivity contribution in [2.24, 2.45) is 0 Å². The Hall–Kier alpha value is -4.54. The third kappa shape index (κ3) is 8.34. The molecule has 4 aromatic rings. The lowest BCUT2D eigenvalue weighted by molar-refractivity contribution is -0.140. The van der Waals surface area contributed by atoms with E-state index >= 15 is 0 Å². The zero-order chi connectivity index (χ0) is 32.4. The molecule has 9 nitrogen and oxygen atoms in total. The van der Waals surface area contributed by atoms with Crippen LogP contribution < -0.4 is 19.1 Å². The number of methoxy groups -OCH3 is 2. The second-order valence-electron chi connectivity index (χ2n) is 10.1. The number of likely N-dealkylation sites (N-methyl/N-ethyl adjacent to an activating group) is 1. The van der Waals surface area contributed by atoms with Crippen molar-refractivity contribution in [1.29, 1.82) is 0 Å². The SMILES string of the molecule is CCNC(=O)[C@H](Cc1ccccc1)N(Cc1ccccc1)C(=O)CN(c1ccc(Cl)cc1)S(=O)(=O)c1ccc(OC)c(OC)c1. The third-order valence-corrected chi connectivity index (χ3v) is 9.18. The molecule has 0 unspecified atom stereocenters. The van der Waals surface area contributed by atoms with Crippen LogP contribution in [0.25, 0.3) is 0 Å². The molecule has 0 aliphatic heterocycles. The van der Waals surface area contributed by atoms with Crippen LogP contribution in [0, 0.1) is 0 Å². The zero-order valence-electron chi connectivity index (χ0n) is 25.4. The highest BCUT2D eigenvalue weighted by Gasteiger charge is 2.34. The number of benzene rings is 4. The van der Waals surface area contributed by atoms with Gasteiger partial charge in [-0.3, -0.25) is 13.9 Å². The molecule has 0 saturated heterocycles. The molecule has 0 saturated carbocycles. The van der Waals surface area contributed by atoms with E-state index in [1.54, 1.807) is 19.1 Å². The summed E-state index contributed by atoms with van der Waals surface area (Å²) < 4.78 is 40.1. The van der Waals surface area contributed by atoms with E-state index in [0.29, 0.717) is 17.3 Å². The summed E-state index contributed by atoms with van der Waals surface area (Å²) in [5, 5.41) is 3.25. The standard InChI is InChI=1S/C34H36ClN3O6S/c1-4-36-34(40)30(21-25-11-7-5-8-12-25)37(23-26-13-9-6-10-14-26)33(39)24-38(28-17-15-27(35)16-18-28)45(41,42)29-19-20-31(43-2)32(22-29)44-3/h5-20,22,30H,4,21,23-24H2,1-3H3,(H,36,40)/t30-/m0/s1. The maximum atomic E-state index is 14.4. The van der Waals surface area contributed by atoms with Crippen LogP contribution >= 0.6 is 11.6 Å². The molecule has 45 heavy (non-hydrogen) atoms. The van der Waals surface area contributed by atoms with Crippen LogP contribution in [0.3, 0.4) is 0 Å². The molecule has 0 radical (unpaired) electrons. The first kappa shape index (κ1) is 33.4. The molecule has 0 aliphatic carbocycles. The van der Waals surface area contributed by atoms with Crippen LogP contribution in [0.15, 0.2) is 108 Å². The Kier molecular flexibility index (Phi) is 11.5. The highest BCUT2D eigenvalue weighted by Crippen LogP contribution is 2.33. The van der Waals surface area contributed by atoms with Gasteiger partial charge >= 0.3 is 0 Å². The highest BCUT2D eigenvalue weighted by molar-refractivity contribution is 7.92. The van der Waals surface area contributed by atoms with Gasteiger partial charge in [0.2, 0.25) is 11.8 Å². The average molecular weight is 650 g/mol. The van der Waals surface area contributed by atoms with E-state index < -0.39 is 28.5 Å². The summed E-state index contributed by atoms with van der Waals surface area (Å²) in [6, 6.07) is 28.1. The predicted molar refractivity (Wildman–Crippen MR) is 175 cm³/mol. The molecule has 0 heterocycles. The van der Waals surface area contributed by atoms with Crippen LogP contribution in [0.1, 0.15) is 18.1 Å². The Morgan fingerprint density at radius 2 is 1.42 bits per heavy atom. The van der Waals surface area contributed by atoms with Gasteiger partial charge in [-0.05, 0) is 54.4 Å². The van der Waals surface area contributed by atoms with Gasteiger partial charge in [0.05, 0.1) is 24.8 Å². The number of carbonyl (C=O) groups is 2. The molecule has 0 bridgehead atoms. The number of hydrogen-bond donors (Lipinski definition) is 1. The summed E-state index contributed by atoms with van der Waals surface area (Å²) >= 11 is 6.13. The lowest BCUT2D eigenvalue weighted by atomic mass is 10.0. The number of anilines is 1. The van der Waals surface area contributed by atoms with Crippen molar-refractivity contribution >= 4 is 39.1 Å². The fourth-order valence-electron chi connectivity index (χ4n) is 4.87. The van der Waals surface area contributed by atoms with Crippen molar-refractivity contribution in [2.45, 2.75) is 30.8 Å². The Morgan fingerprint density at radius 1 is 0.822 bits per heavy atom. The fraction of sp³-hybridized carbons (Fsp3) is 0.235. The van der Waals surface area contributed by atoms with Gasteiger partial charge in [0.25, 0.3) is 10.0 Å². The number of halogens is 1. The molecule has 236 valence electrons. The molecule has 0 aliphatic rings. The number of hydrogen-bond acceptors (Lipinski definition) is 6. The van der Waals surface area contributed by atoms with E-state index in [9.17, 15) is 18.0 Å². The van der Waals surface area contributed by atoms with Crippen molar-refractivity contribution in [2.75, 3.05) is 31.6 Å². The molecular weight excluding hydrogens is 614 g/mol. The predicted octanol–water partition coefficient (Wildman–Crippen LogP) is 5.33. The molecular formula is C34H36ClN3O6S. The lowest BCUT2D eigenvalue weighted by Crippen LogP contribution is -2.53. The van der Waals surface area contributed by atoms with Crippen LogP contribution in [0.2, 0.25) is 5.02 Å². The molecule has 4 aromatic carbocycles. The average Bonchev–Trinajstić information content (AvgIpc) is 3.06. The van der Waals surface area contributed by atoms with Gasteiger partial charge < -0.3 is 19.7 Å². The quantitative estimate of drug-likeness (QED) is 0.198. The summed E-state index contributed by atoms with van der Waals surface area (Å²) in [6.07, 6.45) is 0.231. The number of ether oxygens (including phenoxy) is 2. The normalized spacial score (nSPS) is 11.7. The second-order valence-corrected chi connectivity index (χ2v) is 12.4. The number of amides is 2. The number of nitrogens with zero attached hydrogens (tertiary/aromatic N) is 2. The van der Waals surface area contributed by atoms with E-state index in [0.717, 1.165) is 15.4 Å². The number of nitrogens with one attached hydrogen (secondary N) is 1. The molecule has 2 amide bonds. The monoisotopic (exact) mass is 649 g/mol. The zero-order valence-corrected chi connectivity index (χ0v) is 26.9. The van der Waals surface area contributed by atoms with Gasteiger partial charge in [0, 0.05) is 30.6 Å². The molecule has 0 aromatic heterocycles. The molecule has 0 spiro atoms. The smallest absolute Gasteiger partial charge is 0.264 e. The van der Waals surface area contributed by atoms with Gasteiger partial charge in [-0.2, -0.15) is 0 Å². The number of rotatable bonds is 14. The first-order chi connectivity index (χ1) is 21.7. The van der Waals surface area contributed by atoms with Crippen molar-refractivity contribution in [3.63, 3.8) is 0 Å². The van der Waals surface area contributed by atoms with E-state index in [1.807, 2.05) is 60.7 Å². The van der Waals surface area contributed by atoms with Crippen molar-refractivity contribution in [1.82, 2.24) is 10.2 Å². The highest BCUT2D eigenvalue weighted by atomic mass is 35.5. The Balaban J connectivity index is 1.80. The van der Waals surface area contributed by atoms with E-state index in [-0.39, 0.29) is 35.2 Å². The summed E-state index contributed by atoms with van der Waals surface area (Å²) in [5.74, 6) is -0.340. The first-order valence-corrected chi connectivity index (χ1v) is 16.1. The maximum absolute atomic E-state index is 14.4. The third-order valence-electron chi connectivity index (χ3n) is 7.15. The fourth-order valence-corrected chi connectivity index (χ4v) is 6.42. The van der Waals surface area contributed by atoms with Gasteiger partial charge in [-0.25, -0.2) is 8.42 Å². The lowest BCUT2D eigenvalue weighted by Gasteiger charge is -2.34. The van der Waals surface area contributed by atoms with E-state index in [4.69, 9.17) is 21.1 Å². The maximum Gasteiger partial charge on any atom is 0.264 e. The van der Waals surface area contributed by atoms with Crippen LogP contribution in [0.5, 0.6) is 11.5 Å². The summed E-state index contributed by atoms with van der Waals surface area (Å²) in [6.45, 7) is 1.66. The summed E-state index contributed by atoms with van der Waals surface area (Å²) in [7, 11) is -1.48. The molecule has 1 atom stereocenters. The summed E-state index contributed by atoms with van der Waals surface area (Å²) in [4.78, 5) is 29.3. The topological polar surface area (TPSA) is 105 Å². The van der Waals surface area contributed by atoms with Gasteiger partial charge in [-0.15, -0.1) is 0 Å². The van der Waals surface area contributed by atoms with Crippen LogP contribution in [0.4, 0.5) is 5.69 Å².